The van der Waals surface area contributed by atoms with Gasteiger partial charge in [0.1, 0.15) is 11.5 Å². The number of Topliss-reactive ketones (excluding diaryl/α,β-unsaturated/α-hetero) is 1. The van der Waals surface area contributed by atoms with E-state index >= 15 is 0 Å². The van der Waals surface area contributed by atoms with Gasteiger partial charge in [-0.2, -0.15) is 0 Å². The predicted octanol–water partition coefficient (Wildman–Crippen LogP) is 3.03. The van der Waals surface area contributed by atoms with Crippen molar-refractivity contribution in [3.63, 3.8) is 0 Å². The zero-order valence-corrected chi connectivity index (χ0v) is 11.6. The third kappa shape index (κ3) is 4.06. The highest BCUT2D eigenvalue weighted by Gasteiger charge is 2.23. The highest BCUT2D eigenvalue weighted by molar-refractivity contribution is 5.79. The minimum absolute atomic E-state index is 0.191. The van der Waals surface area contributed by atoms with Crippen molar-refractivity contribution in [2.75, 3.05) is 6.61 Å². The molecule has 2 atom stereocenters. The monoisotopic (exact) mass is 261 g/mol. The lowest BCUT2D eigenvalue weighted by Crippen LogP contribution is -2.18. The first-order chi connectivity index (χ1) is 9.16. The van der Waals surface area contributed by atoms with E-state index < -0.39 is 0 Å². The minimum Gasteiger partial charge on any atom is -0.493 e. The molecule has 2 unspecified atom stereocenters. The predicted molar refractivity (Wildman–Crippen MR) is 76.4 cm³/mol. The molecule has 1 aliphatic heterocycles. The Kier molecular flexibility index (Phi) is 4.97. The average molecular weight is 261 g/mol. The van der Waals surface area contributed by atoms with Crippen LogP contribution in [0.4, 0.5) is 0 Å². The van der Waals surface area contributed by atoms with Crippen molar-refractivity contribution in [1.82, 2.24) is 0 Å². The topological polar surface area (TPSA) is 52.3 Å². The molecule has 1 aromatic carbocycles. The molecule has 0 amide bonds. The molecule has 0 bridgehead atoms. The summed E-state index contributed by atoms with van der Waals surface area (Å²) in [4.78, 5) is 12.0. The lowest BCUT2D eigenvalue weighted by atomic mass is 9.88. The average Bonchev–Trinajstić information content (AvgIpc) is 2.39. The van der Waals surface area contributed by atoms with E-state index in [2.05, 4.69) is 6.07 Å². The Morgan fingerprint density at radius 3 is 3.05 bits per heavy atom. The van der Waals surface area contributed by atoms with Crippen LogP contribution in [0.3, 0.4) is 0 Å². The van der Waals surface area contributed by atoms with E-state index in [1.807, 2.05) is 25.1 Å². The van der Waals surface area contributed by atoms with Crippen molar-refractivity contribution in [1.29, 1.82) is 0 Å². The summed E-state index contributed by atoms with van der Waals surface area (Å²) in [7, 11) is 0. The van der Waals surface area contributed by atoms with Crippen LogP contribution < -0.4 is 10.5 Å². The van der Waals surface area contributed by atoms with Crippen molar-refractivity contribution in [2.45, 2.75) is 51.0 Å². The third-order valence-corrected chi connectivity index (χ3v) is 3.67. The van der Waals surface area contributed by atoms with Crippen molar-refractivity contribution < 1.29 is 9.53 Å². The van der Waals surface area contributed by atoms with Crippen LogP contribution in [0.2, 0.25) is 0 Å². The molecule has 0 fully saturated rings. The molecule has 104 valence electrons. The molecule has 0 radical (unpaired) electrons. The van der Waals surface area contributed by atoms with Crippen LogP contribution in [-0.4, -0.2) is 18.4 Å². The molecular weight excluding hydrogens is 238 g/mol. The Bertz CT molecular complexity index is 429. The highest BCUT2D eigenvalue weighted by Crippen LogP contribution is 2.35. The lowest BCUT2D eigenvalue weighted by molar-refractivity contribution is -0.119. The number of hydrogen-bond donors (Lipinski definition) is 1. The summed E-state index contributed by atoms with van der Waals surface area (Å²) >= 11 is 0. The van der Waals surface area contributed by atoms with Gasteiger partial charge in [0, 0.05) is 18.9 Å². The molecule has 3 heteroatoms. The van der Waals surface area contributed by atoms with E-state index in [-0.39, 0.29) is 6.04 Å². The molecule has 0 spiro atoms. The Balaban J connectivity index is 1.88. The molecule has 0 aromatic heterocycles. The highest BCUT2D eigenvalue weighted by atomic mass is 16.5. The van der Waals surface area contributed by atoms with Gasteiger partial charge in [0.2, 0.25) is 0 Å². The van der Waals surface area contributed by atoms with E-state index in [1.165, 1.54) is 5.56 Å². The van der Waals surface area contributed by atoms with Gasteiger partial charge in [-0.15, -0.1) is 0 Å². The van der Waals surface area contributed by atoms with Crippen LogP contribution in [0.5, 0.6) is 5.75 Å². The number of ketones is 1. The van der Waals surface area contributed by atoms with Crippen molar-refractivity contribution in [3.8, 4) is 5.75 Å². The molecule has 2 N–H and O–H groups in total. The number of benzene rings is 1. The number of carbonyl (C=O) groups excluding carboxylic acids is 1. The van der Waals surface area contributed by atoms with Gasteiger partial charge < -0.3 is 10.5 Å². The molecule has 3 nitrogen and oxygen atoms in total. The number of ether oxygens (including phenoxy) is 1. The Morgan fingerprint density at radius 1 is 1.47 bits per heavy atom. The van der Waals surface area contributed by atoms with Gasteiger partial charge in [-0.05, 0) is 43.7 Å². The summed E-state index contributed by atoms with van der Waals surface area (Å²) in [6.07, 6.45) is 4.06. The van der Waals surface area contributed by atoms with Crippen LogP contribution in [0.1, 0.15) is 50.5 Å². The van der Waals surface area contributed by atoms with Crippen molar-refractivity contribution >= 4 is 5.78 Å². The summed E-state index contributed by atoms with van der Waals surface area (Å²) in [6, 6.07) is 8.25. The van der Waals surface area contributed by atoms with Gasteiger partial charge in [-0.1, -0.05) is 18.2 Å². The van der Waals surface area contributed by atoms with Crippen molar-refractivity contribution in [3.05, 3.63) is 29.8 Å². The summed E-state index contributed by atoms with van der Waals surface area (Å²) in [5.41, 5.74) is 6.89. The van der Waals surface area contributed by atoms with Gasteiger partial charge in [-0.25, -0.2) is 0 Å². The van der Waals surface area contributed by atoms with Gasteiger partial charge in [0.15, 0.2) is 0 Å². The molecule has 0 aliphatic carbocycles. The van der Waals surface area contributed by atoms with Crippen LogP contribution in [0, 0.1) is 0 Å². The second kappa shape index (κ2) is 6.71. The Hall–Kier alpha value is -1.35. The van der Waals surface area contributed by atoms with Gasteiger partial charge in [0.25, 0.3) is 0 Å². The number of carbonyl (C=O) groups is 1. The fourth-order valence-corrected chi connectivity index (χ4v) is 2.63. The zero-order valence-electron chi connectivity index (χ0n) is 11.6. The normalized spacial score (nSPS) is 19.4. The maximum absolute atomic E-state index is 12.0. The second-order valence-corrected chi connectivity index (χ2v) is 5.48. The molecule has 1 aliphatic rings. The van der Waals surface area contributed by atoms with Gasteiger partial charge >= 0.3 is 0 Å². The van der Waals surface area contributed by atoms with Gasteiger partial charge in [0.05, 0.1) is 6.61 Å². The number of hydrogen-bond acceptors (Lipinski definition) is 3. The third-order valence-electron chi connectivity index (χ3n) is 3.67. The fraction of sp³-hybridized carbons (Fsp3) is 0.562. The number of para-hydroxylation sites is 1. The summed E-state index contributed by atoms with van der Waals surface area (Å²) in [6.45, 7) is 2.70. The molecule has 0 saturated carbocycles. The lowest BCUT2D eigenvalue weighted by Gasteiger charge is -2.25. The molecular formula is C16H23NO2. The van der Waals surface area contributed by atoms with Crippen molar-refractivity contribution in [2.24, 2.45) is 5.73 Å². The standard InChI is InChI=1S/C16H23NO2/c1-12(17)5-4-6-14(18)11-13-9-10-19-16-8-3-2-7-15(13)16/h2-3,7-8,12-13H,4-6,9-11,17H2,1H3. The quantitative estimate of drug-likeness (QED) is 0.856. The zero-order chi connectivity index (χ0) is 13.7. The summed E-state index contributed by atoms with van der Waals surface area (Å²) in [5, 5.41) is 0. The van der Waals surface area contributed by atoms with Gasteiger partial charge in [-0.3, -0.25) is 4.79 Å². The van der Waals surface area contributed by atoms with E-state index in [0.29, 0.717) is 24.5 Å². The smallest absolute Gasteiger partial charge is 0.133 e. The number of rotatable bonds is 6. The Labute approximate surface area is 115 Å². The Morgan fingerprint density at radius 2 is 2.26 bits per heavy atom. The largest absolute Gasteiger partial charge is 0.493 e. The molecule has 1 heterocycles. The van der Waals surface area contributed by atoms with E-state index in [1.54, 1.807) is 0 Å². The first-order valence-corrected chi connectivity index (χ1v) is 7.16. The maximum atomic E-state index is 12.0. The molecule has 2 rings (SSSR count). The van der Waals surface area contributed by atoms with E-state index in [4.69, 9.17) is 10.5 Å². The van der Waals surface area contributed by atoms with E-state index in [0.717, 1.165) is 31.6 Å². The SMILES string of the molecule is CC(N)CCCC(=O)CC1CCOc2ccccc21. The molecule has 0 saturated heterocycles. The fourth-order valence-electron chi connectivity index (χ4n) is 2.63. The molecule has 1 aromatic rings. The summed E-state index contributed by atoms with van der Waals surface area (Å²) in [5.74, 6) is 1.62. The van der Waals surface area contributed by atoms with Crippen LogP contribution >= 0.6 is 0 Å². The molecule has 19 heavy (non-hydrogen) atoms. The van der Waals surface area contributed by atoms with Crippen LogP contribution in [0.25, 0.3) is 0 Å². The summed E-state index contributed by atoms with van der Waals surface area (Å²) < 4.78 is 5.62. The number of nitrogens with two attached hydrogens (primary N) is 1. The first-order valence-electron chi connectivity index (χ1n) is 7.16. The first kappa shape index (κ1) is 14.1. The van der Waals surface area contributed by atoms with Crippen LogP contribution in [-0.2, 0) is 4.79 Å². The second-order valence-electron chi connectivity index (χ2n) is 5.48. The number of fused-ring (bicyclic) bond motifs is 1. The van der Waals surface area contributed by atoms with E-state index in [9.17, 15) is 4.79 Å². The minimum atomic E-state index is 0.191. The van der Waals surface area contributed by atoms with Crippen LogP contribution in [0.15, 0.2) is 24.3 Å². The maximum Gasteiger partial charge on any atom is 0.133 e.